The molecule has 0 aliphatic carbocycles. The zero-order chi connectivity index (χ0) is 21.4. The normalized spacial score (nSPS) is 15.8. The Kier molecular flexibility index (Phi) is 5.44. The number of para-hydroxylation sites is 1. The van der Waals surface area contributed by atoms with Crippen molar-refractivity contribution in [1.29, 1.82) is 0 Å². The molecule has 0 amide bonds. The Labute approximate surface area is 192 Å². The molecule has 0 saturated carbocycles. The van der Waals surface area contributed by atoms with Crippen molar-refractivity contribution < 1.29 is 9.20 Å². The van der Waals surface area contributed by atoms with Gasteiger partial charge >= 0.3 is 5.63 Å². The monoisotopic (exact) mass is 468 g/mol. The van der Waals surface area contributed by atoms with Gasteiger partial charge < -0.3 is 0 Å². The summed E-state index contributed by atoms with van der Waals surface area (Å²) in [6.45, 7) is 0. The summed E-state index contributed by atoms with van der Waals surface area (Å²) >= 11 is 14.4. The van der Waals surface area contributed by atoms with Crippen molar-refractivity contribution >= 4 is 46.4 Å². The molecule has 4 aromatic rings. The first kappa shape index (κ1) is 20.1. The maximum absolute atomic E-state index is 11.3. The number of nitrogens with zero attached hydrogens (tertiary/aromatic N) is 2. The molecule has 1 aliphatic rings. The third kappa shape index (κ3) is 4.19. The molecule has 0 spiro atoms. The second kappa shape index (κ2) is 8.38. The number of fused-ring (bicyclic) bond motifs is 1. The van der Waals surface area contributed by atoms with Crippen LogP contribution in [0.15, 0.2) is 92.1 Å². The van der Waals surface area contributed by atoms with E-state index in [9.17, 15) is 4.79 Å². The minimum absolute atomic E-state index is 0.0893. The summed E-state index contributed by atoms with van der Waals surface area (Å²) in [6.07, 6.45) is 2.05. The van der Waals surface area contributed by atoms with E-state index in [1.807, 2.05) is 54.6 Å². The largest absolute Gasteiger partial charge is 0.427 e. The molecule has 0 radical (unpaired) electrons. The quantitative estimate of drug-likeness (QED) is 0.380. The van der Waals surface area contributed by atoms with Crippen molar-refractivity contribution in [3.8, 4) is 5.69 Å². The first-order chi connectivity index (χ1) is 15.1. The van der Waals surface area contributed by atoms with Crippen LogP contribution in [0, 0.1) is 0 Å². The lowest BCUT2D eigenvalue weighted by Crippen LogP contribution is -2.32. The first-order valence-corrected chi connectivity index (χ1v) is 11.2. The summed E-state index contributed by atoms with van der Waals surface area (Å²) in [7, 11) is 0. The van der Waals surface area contributed by atoms with Gasteiger partial charge in [0.05, 0.1) is 5.69 Å². The van der Waals surface area contributed by atoms with Crippen molar-refractivity contribution in [3.05, 3.63) is 105 Å². The predicted octanol–water partition coefficient (Wildman–Crippen LogP) is 5.91. The van der Waals surface area contributed by atoms with Crippen molar-refractivity contribution in [2.45, 2.75) is 16.6 Å². The smallest absolute Gasteiger partial charge is 0.283 e. The van der Waals surface area contributed by atoms with Crippen molar-refractivity contribution in [2.75, 3.05) is 0 Å². The minimum Gasteiger partial charge on any atom is -0.283 e. The molecule has 0 fully saturated rings. The molecule has 5 nitrogen and oxygen atoms in total. The van der Waals surface area contributed by atoms with Crippen LogP contribution in [-0.2, 0) is 0 Å². The fourth-order valence-corrected chi connectivity index (χ4v) is 5.40. The standard InChI is InChI=1S/C23H15Cl2N3O2S/c24-15-7-10-17(18(25)11-15)22-12-20(26-19-3-1-2-4-21(19)31-22)14-5-8-16(9-6-14)28-13-23(29)30-27-28/h1-11,13,22H,12H2/p+1. The molecule has 1 aromatic heterocycles. The van der Waals surface area contributed by atoms with Crippen LogP contribution in [0.25, 0.3) is 5.69 Å². The Morgan fingerprint density at radius 2 is 1.87 bits per heavy atom. The highest BCUT2D eigenvalue weighted by atomic mass is 35.5. The van der Waals surface area contributed by atoms with E-state index >= 15 is 0 Å². The van der Waals surface area contributed by atoms with Gasteiger partial charge in [-0.05, 0) is 57.5 Å². The van der Waals surface area contributed by atoms with Crippen LogP contribution in [-0.4, -0.2) is 11.0 Å². The van der Waals surface area contributed by atoms with E-state index < -0.39 is 5.63 Å². The van der Waals surface area contributed by atoms with Gasteiger partial charge in [-0.25, -0.2) is 4.79 Å². The molecule has 1 unspecified atom stereocenters. The van der Waals surface area contributed by atoms with Gasteiger partial charge in [0.2, 0.25) is 5.69 Å². The van der Waals surface area contributed by atoms with Gasteiger partial charge in [-0.2, -0.15) is 0 Å². The highest BCUT2D eigenvalue weighted by Gasteiger charge is 2.24. The number of hydrogen-bond acceptors (Lipinski definition) is 4. The van der Waals surface area contributed by atoms with E-state index in [1.165, 1.54) is 10.9 Å². The number of aromatic nitrogens is 2. The predicted molar refractivity (Wildman–Crippen MR) is 123 cm³/mol. The molecular weight excluding hydrogens is 453 g/mol. The summed E-state index contributed by atoms with van der Waals surface area (Å²) in [4.78, 5) is 17.4. The van der Waals surface area contributed by atoms with E-state index in [0.717, 1.165) is 33.1 Å². The fourth-order valence-electron chi connectivity index (χ4n) is 3.52. The number of hydrogen-bond donors (Lipinski definition) is 1. The molecule has 8 heteroatoms. The molecule has 1 N–H and O–H groups in total. The van der Waals surface area contributed by atoms with Gasteiger partial charge in [0.1, 0.15) is 0 Å². The number of aliphatic imine (C=N–C) groups is 1. The molecule has 2 heterocycles. The second-order valence-corrected chi connectivity index (χ2v) is 9.15. The van der Waals surface area contributed by atoms with Gasteiger partial charge in [0, 0.05) is 44.5 Å². The maximum atomic E-state index is 11.3. The Morgan fingerprint density at radius 1 is 1.06 bits per heavy atom. The van der Waals surface area contributed by atoms with Gasteiger partial charge in [-0.1, -0.05) is 41.4 Å². The zero-order valence-electron chi connectivity index (χ0n) is 16.1. The molecule has 1 atom stereocenters. The number of thioether (sulfide) groups is 1. The van der Waals surface area contributed by atoms with Crippen LogP contribution in [0.5, 0.6) is 0 Å². The van der Waals surface area contributed by atoms with E-state index in [0.29, 0.717) is 16.5 Å². The number of H-pyrrole nitrogens is 1. The fraction of sp³-hybridized carbons (Fsp3) is 0.0870. The molecular formula is C23H16Cl2N3O2S+. The third-order valence-electron chi connectivity index (χ3n) is 5.04. The number of nitrogens with one attached hydrogen (secondary N) is 1. The van der Waals surface area contributed by atoms with Gasteiger partial charge in [0.15, 0.2) is 0 Å². The summed E-state index contributed by atoms with van der Waals surface area (Å²) < 4.78 is 6.27. The summed E-state index contributed by atoms with van der Waals surface area (Å²) in [5.41, 5.74) is 4.29. The minimum atomic E-state index is -0.437. The van der Waals surface area contributed by atoms with E-state index in [4.69, 9.17) is 32.7 Å². The molecule has 5 rings (SSSR count). The average Bonchev–Trinajstić information content (AvgIpc) is 3.10. The Hall–Kier alpha value is -2.80. The van der Waals surface area contributed by atoms with E-state index in [1.54, 1.807) is 17.8 Å². The summed E-state index contributed by atoms with van der Waals surface area (Å²) in [5.74, 6) is 0. The van der Waals surface area contributed by atoms with Crippen LogP contribution in [0.3, 0.4) is 0 Å². The second-order valence-electron chi connectivity index (χ2n) is 7.06. The summed E-state index contributed by atoms with van der Waals surface area (Å²) in [5, 5.41) is 3.91. The number of benzene rings is 3. The van der Waals surface area contributed by atoms with Crippen LogP contribution in [0.1, 0.15) is 22.8 Å². The maximum Gasteiger partial charge on any atom is 0.427 e. The van der Waals surface area contributed by atoms with Gasteiger partial charge in [0.25, 0.3) is 6.20 Å². The zero-order valence-corrected chi connectivity index (χ0v) is 18.4. The van der Waals surface area contributed by atoms with E-state index in [-0.39, 0.29) is 5.25 Å². The Bertz CT molecular complexity index is 1350. The van der Waals surface area contributed by atoms with Crippen LogP contribution in [0.4, 0.5) is 5.69 Å². The topological polar surface area (TPSA) is 62.2 Å². The van der Waals surface area contributed by atoms with Crippen molar-refractivity contribution in [3.63, 3.8) is 0 Å². The van der Waals surface area contributed by atoms with Crippen molar-refractivity contribution in [1.82, 2.24) is 5.27 Å². The lowest BCUT2D eigenvalue weighted by molar-refractivity contribution is -0.670. The molecule has 1 aliphatic heterocycles. The first-order valence-electron chi connectivity index (χ1n) is 9.56. The lowest BCUT2D eigenvalue weighted by atomic mass is 10.0. The lowest BCUT2D eigenvalue weighted by Gasteiger charge is -2.17. The highest BCUT2D eigenvalue weighted by Crippen LogP contribution is 2.47. The van der Waals surface area contributed by atoms with Crippen molar-refractivity contribution in [2.24, 2.45) is 4.99 Å². The van der Waals surface area contributed by atoms with Crippen LogP contribution < -0.4 is 10.3 Å². The molecule has 31 heavy (non-hydrogen) atoms. The SMILES string of the molecule is O=c1c[n+](-c2ccc(C3=Nc4ccccc4SC(c4ccc(Cl)cc4Cl)C3)cc2)[nH]o1. The molecule has 3 aromatic carbocycles. The molecule has 154 valence electrons. The number of aromatic amines is 1. The third-order valence-corrected chi connectivity index (χ3v) is 6.90. The molecule has 0 bridgehead atoms. The Balaban J connectivity index is 1.55. The van der Waals surface area contributed by atoms with Gasteiger partial charge in [-0.15, -0.1) is 11.8 Å². The summed E-state index contributed by atoms with van der Waals surface area (Å²) in [6, 6.07) is 21.6. The molecule has 0 saturated heterocycles. The number of rotatable bonds is 3. The van der Waals surface area contributed by atoms with Gasteiger partial charge in [-0.3, -0.25) is 9.52 Å². The van der Waals surface area contributed by atoms with E-state index in [2.05, 4.69) is 11.3 Å². The Morgan fingerprint density at radius 3 is 2.61 bits per heavy atom. The van der Waals surface area contributed by atoms with Crippen LogP contribution >= 0.6 is 35.0 Å². The number of halogens is 2. The highest BCUT2D eigenvalue weighted by molar-refractivity contribution is 7.99. The van der Waals surface area contributed by atoms with Crippen LogP contribution in [0.2, 0.25) is 10.0 Å². The average molecular weight is 469 g/mol.